The van der Waals surface area contributed by atoms with Crippen LogP contribution in [0.3, 0.4) is 0 Å². The van der Waals surface area contributed by atoms with Crippen molar-refractivity contribution in [1.82, 2.24) is 0 Å². The molecule has 2 N–H and O–H groups in total. The second-order valence-electron chi connectivity index (χ2n) is 2.23. The van der Waals surface area contributed by atoms with E-state index in [4.69, 9.17) is 24.3 Å². The summed E-state index contributed by atoms with van der Waals surface area (Å²) in [5.41, 5.74) is 1.27. The summed E-state index contributed by atoms with van der Waals surface area (Å²) in [5, 5.41) is 8.25. The molecule has 6 nitrogen and oxygen atoms in total. The van der Waals surface area contributed by atoms with E-state index in [0.29, 0.717) is 0 Å². The number of hydrogen-bond acceptors (Lipinski definition) is 3. The van der Waals surface area contributed by atoms with Crippen molar-refractivity contribution in [3.63, 3.8) is 0 Å². The van der Waals surface area contributed by atoms with Gasteiger partial charge in [0.2, 0.25) is 5.70 Å². The normalized spacial score (nSPS) is 14.3. The minimum Gasteiger partial charge on any atom is -0.554 e. The third kappa shape index (κ3) is 6.56. The van der Waals surface area contributed by atoms with Gasteiger partial charge in [-0.25, -0.2) is 0 Å². The van der Waals surface area contributed by atoms with Gasteiger partial charge in [0.15, 0.2) is 12.4 Å². The molecule has 0 amide bonds. The molecular formula is C8H10NO5P. The van der Waals surface area contributed by atoms with Crippen molar-refractivity contribution in [3.8, 4) is 0 Å². The lowest BCUT2D eigenvalue weighted by Crippen LogP contribution is -2.01. The Morgan fingerprint density at radius 2 is 1.93 bits per heavy atom. The second-order valence-corrected chi connectivity index (χ2v) is 2.79. The number of carbonyl (C=O) groups excluding carboxylic acids is 1. The van der Waals surface area contributed by atoms with E-state index in [-0.39, 0.29) is 0 Å². The third-order valence-electron chi connectivity index (χ3n) is 1.33. The minimum atomic E-state index is -3.13. The van der Waals surface area contributed by atoms with Crippen LogP contribution in [0.5, 0.6) is 0 Å². The van der Waals surface area contributed by atoms with Crippen LogP contribution in [0.2, 0.25) is 0 Å². The van der Waals surface area contributed by atoms with E-state index in [0.717, 1.165) is 0 Å². The molecule has 82 valence electrons. The van der Waals surface area contributed by atoms with Crippen LogP contribution in [0.25, 0.3) is 0 Å². The first-order valence-corrected chi connectivity index (χ1v) is 5.08. The Morgan fingerprint density at radius 3 is 2.40 bits per heavy atom. The molecule has 0 atom stereocenters. The lowest BCUT2D eigenvalue weighted by molar-refractivity contribution is -0.380. The quantitative estimate of drug-likeness (QED) is 0.309. The first kappa shape index (κ1) is 13.5. The highest BCUT2D eigenvalue weighted by Crippen LogP contribution is 2.10. The number of allylic oxidation sites excluding steroid dienone is 4. The van der Waals surface area contributed by atoms with Crippen LogP contribution in [0, 0.1) is 0 Å². The van der Waals surface area contributed by atoms with Gasteiger partial charge >= 0.3 is 8.25 Å². The molecule has 0 spiro atoms. The first-order chi connectivity index (χ1) is 7.11. The van der Waals surface area contributed by atoms with Crippen LogP contribution in [0.15, 0.2) is 36.2 Å². The van der Waals surface area contributed by atoms with Crippen LogP contribution < -0.4 is 5.11 Å². The summed E-state index contributed by atoms with van der Waals surface area (Å²) >= 11 is 0. The zero-order chi connectivity index (χ0) is 11.7. The monoisotopic (exact) mass is 231 g/mol. The summed E-state index contributed by atoms with van der Waals surface area (Å²) in [6.07, 6.45) is 12.3. The van der Waals surface area contributed by atoms with Crippen molar-refractivity contribution in [2.24, 2.45) is 0 Å². The molecule has 2 aliphatic rings. The number of fused-ring (bicyclic) bond motifs is 1. The SMILES string of the molecule is C1=CC2=CC=C[N+]2=C1.O=C[O-].O=[PH](O)O. The maximum Gasteiger partial charge on any atom is 0.314 e. The zero-order valence-electron chi connectivity index (χ0n) is 7.61. The lowest BCUT2D eigenvalue weighted by atomic mass is 10.4. The summed E-state index contributed by atoms with van der Waals surface area (Å²) in [5.74, 6) is 0. The molecule has 2 rings (SSSR count). The average molecular weight is 231 g/mol. The summed E-state index contributed by atoms with van der Waals surface area (Å²) in [7, 11) is -3.13. The molecule has 0 unspecified atom stereocenters. The van der Waals surface area contributed by atoms with Crippen molar-refractivity contribution in [2.75, 3.05) is 0 Å². The average Bonchev–Trinajstić information content (AvgIpc) is 2.62. The number of carbonyl (C=O) groups is 1. The summed E-state index contributed by atoms with van der Waals surface area (Å²) in [6.45, 7) is -0.500. The van der Waals surface area contributed by atoms with Gasteiger partial charge in [0.05, 0.1) is 0 Å². The van der Waals surface area contributed by atoms with Gasteiger partial charge < -0.3 is 19.7 Å². The van der Waals surface area contributed by atoms with E-state index in [1.165, 1.54) is 5.70 Å². The molecule has 2 heterocycles. The number of hydrogen-bond donors (Lipinski definition) is 2. The van der Waals surface area contributed by atoms with Crippen LogP contribution in [-0.2, 0) is 9.36 Å². The maximum absolute atomic E-state index is 8.74. The Labute approximate surface area is 86.8 Å². The van der Waals surface area contributed by atoms with E-state index in [2.05, 4.69) is 16.7 Å². The van der Waals surface area contributed by atoms with E-state index in [1.807, 2.05) is 24.6 Å². The molecular weight excluding hydrogens is 221 g/mol. The molecule has 0 saturated heterocycles. The summed E-state index contributed by atoms with van der Waals surface area (Å²) < 4.78 is 10.8. The van der Waals surface area contributed by atoms with Crippen LogP contribution in [-0.4, -0.2) is 27.0 Å². The molecule has 7 heteroatoms. The van der Waals surface area contributed by atoms with Gasteiger partial charge in [-0.1, -0.05) is 0 Å². The van der Waals surface area contributed by atoms with Gasteiger partial charge in [-0.3, -0.25) is 4.57 Å². The fourth-order valence-corrected chi connectivity index (χ4v) is 0.918. The molecule has 0 aliphatic carbocycles. The number of carboxylic acid groups (broad SMARTS) is 1. The summed E-state index contributed by atoms with van der Waals surface area (Å²) in [4.78, 5) is 22.6. The Bertz CT molecular complexity index is 326. The highest BCUT2D eigenvalue weighted by Gasteiger charge is 2.13. The molecule has 0 fully saturated rings. The van der Waals surface area contributed by atoms with Crippen LogP contribution in [0.1, 0.15) is 0 Å². The molecule has 0 aromatic rings. The maximum atomic E-state index is 8.74. The standard InChI is InChI=1S/C7H6N.CH2O2.H3O3P/c1-3-7-4-2-6-8(7)5-1;2-1-3;1-4(2)3/h1-6H;1H,(H,2,3);4H,(H2,1,2,3)/q+1;;/p-1. The molecule has 2 aliphatic heterocycles. The van der Waals surface area contributed by atoms with Gasteiger partial charge in [-0.05, 0) is 0 Å². The predicted molar refractivity (Wildman–Crippen MR) is 52.2 cm³/mol. The molecule has 0 saturated carbocycles. The largest absolute Gasteiger partial charge is 0.554 e. The Kier molecular flexibility index (Phi) is 7.09. The van der Waals surface area contributed by atoms with E-state index in [1.54, 1.807) is 0 Å². The van der Waals surface area contributed by atoms with E-state index < -0.39 is 14.7 Å². The van der Waals surface area contributed by atoms with Crippen LogP contribution in [0.4, 0.5) is 0 Å². The van der Waals surface area contributed by atoms with Crippen molar-refractivity contribution in [2.45, 2.75) is 0 Å². The Hall–Kier alpha value is -1.49. The van der Waals surface area contributed by atoms with Gasteiger partial charge in [0.25, 0.3) is 0 Å². The highest BCUT2D eigenvalue weighted by molar-refractivity contribution is 7.30. The Morgan fingerprint density at radius 1 is 1.40 bits per heavy atom. The lowest BCUT2D eigenvalue weighted by Gasteiger charge is -1.79. The minimum absolute atomic E-state index is 0.500. The Balaban J connectivity index is 0.000000242. The van der Waals surface area contributed by atoms with Crippen molar-refractivity contribution < 1.29 is 28.8 Å². The number of rotatable bonds is 0. The highest BCUT2D eigenvalue weighted by atomic mass is 31.1. The van der Waals surface area contributed by atoms with Gasteiger partial charge in [-0.15, -0.1) is 0 Å². The van der Waals surface area contributed by atoms with Crippen LogP contribution >= 0.6 is 8.25 Å². The predicted octanol–water partition coefficient (Wildman–Crippen LogP) is -1.22. The first-order valence-electron chi connectivity index (χ1n) is 3.77. The van der Waals surface area contributed by atoms with Gasteiger partial charge in [-0.2, -0.15) is 4.58 Å². The van der Waals surface area contributed by atoms with Crippen molar-refractivity contribution >= 4 is 20.9 Å². The van der Waals surface area contributed by atoms with E-state index in [9.17, 15) is 0 Å². The topological polar surface area (TPSA) is 101 Å². The molecule has 0 aromatic carbocycles. The van der Waals surface area contributed by atoms with Gasteiger partial charge in [0, 0.05) is 30.8 Å². The third-order valence-corrected chi connectivity index (χ3v) is 1.33. The molecule has 0 bridgehead atoms. The summed E-state index contributed by atoms with van der Waals surface area (Å²) in [6, 6.07) is 0. The van der Waals surface area contributed by atoms with E-state index >= 15 is 0 Å². The zero-order valence-corrected chi connectivity index (χ0v) is 8.61. The molecule has 0 aromatic heterocycles. The number of nitrogens with zero attached hydrogens (tertiary/aromatic N) is 1. The van der Waals surface area contributed by atoms with Gasteiger partial charge in [0.1, 0.15) is 0 Å². The smallest absolute Gasteiger partial charge is 0.314 e. The van der Waals surface area contributed by atoms with Crippen molar-refractivity contribution in [3.05, 3.63) is 36.2 Å². The molecule has 0 radical (unpaired) electrons. The fourth-order valence-electron chi connectivity index (χ4n) is 0.918. The molecule has 15 heavy (non-hydrogen) atoms. The second kappa shape index (κ2) is 7.87. The fraction of sp³-hybridized carbons (Fsp3) is 0. The van der Waals surface area contributed by atoms with Crippen molar-refractivity contribution in [1.29, 1.82) is 0 Å².